The number of thioether (sulfide) groups is 1. The summed E-state index contributed by atoms with van der Waals surface area (Å²) in [4.78, 5) is 34.1. The molecule has 0 fully saturated rings. The summed E-state index contributed by atoms with van der Waals surface area (Å²) in [5.41, 5.74) is 4.23. The monoisotopic (exact) mass is 440 g/mol. The third-order valence-electron chi connectivity index (χ3n) is 5.14. The predicted molar refractivity (Wildman–Crippen MR) is 130 cm³/mol. The van der Waals surface area contributed by atoms with E-state index < -0.39 is 0 Å². The van der Waals surface area contributed by atoms with E-state index in [0.717, 1.165) is 22.2 Å². The van der Waals surface area contributed by atoms with E-state index in [0.29, 0.717) is 21.9 Å². The second kappa shape index (κ2) is 8.36. The van der Waals surface area contributed by atoms with E-state index in [9.17, 15) is 9.59 Å². The summed E-state index contributed by atoms with van der Waals surface area (Å²) in [6.45, 7) is 1.98. The maximum Gasteiger partial charge on any atom is 0.283 e. The summed E-state index contributed by atoms with van der Waals surface area (Å²) in [6, 6.07) is 24.7. The standard InChI is InChI=1S/C25H20N4O2S/c1-16-8-7-9-17(14-16)26-21(30)15-32-25-28-22-19-12-5-6-13-20(19)27-23(22)24(31)29(25)18-10-3-2-4-11-18/h2-14,27H,15H2,1H3,(H,26,30). The van der Waals surface area contributed by atoms with Gasteiger partial charge in [0.05, 0.1) is 11.4 Å². The van der Waals surface area contributed by atoms with Crippen LogP contribution >= 0.6 is 11.8 Å². The number of fused-ring (bicyclic) bond motifs is 3. The molecule has 6 nitrogen and oxygen atoms in total. The van der Waals surface area contributed by atoms with Crippen LogP contribution in [0.1, 0.15) is 5.56 Å². The van der Waals surface area contributed by atoms with Crippen LogP contribution in [0.5, 0.6) is 0 Å². The molecule has 2 N–H and O–H groups in total. The van der Waals surface area contributed by atoms with Gasteiger partial charge in [0.25, 0.3) is 5.56 Å². The van der Waals surface area contributed by atoms with Gasteiger partial charge in [0.1, 0.15) is 11.0 Å². The molecule has 7 heteroatoms. The molecule has 0 spiro atoms. The lowest BCUT2D eigenvalue weighted by Crippen LogP contribution is -2.23. The molecule has 158 valence electrons. The molecule has 0 saturated heterocycles. The number of benzene rings is 3. The molecule has 2 heterocycles. The van der Waals surface area contributed by atoms with Crippen molar-refractivity contribution in [2.45, 2.75) is 12.1 Å². The number of nitrogens with zero attached hydrogens (tertiary/aromatic N) is 2. The lowest BCUT2D eigenvalue weighted by Gasteiger charge is -2.12. The summed E-state index contributed by atoms with van der Waals surface area (Å²) < 4.78 is 1.56. The molecule has 0 unspecified atom stereocenters. The van der Waals surface area contributed by atoms with Gasteiger partial charge in [-0.25, -0.2) is 4.98 Å². The smallest absolute Gasteiger partial charge is 0.283 e. The summed E-state index contributed by atoms with van der Waals surface area (Å²) in [5.74, 6) is -0.0327. The first kappa shape index (κ1) is 20.1. The van der Waals surface area contributed by atoms with Crippen LogP contribution in [-0.2, 0) is 4.79 Å². The molecule has 0 atom stereocenters. The van der Waals surface area contributed by atoms with Gasteiger partial charge in [-0.1, -0.05) is 60.3 Å². The van der Waals surface area contributed by atoms with Gasteiger partial charge >= 0.3 is 0 Å². The summed E-state index contributed by atoms with van der Waals surface area (Å²) in [7, 11) is 0. The van der Waals surface area contributed by atoms with E-state index in [4.69, 9.17) is 4.98 Å². The molecule has 3 aromatic carbocycles. The van der Waals surface area contributed by atoms with Crippen molar-refractivity contribution >= 4 is 45.3 Å². The first-order chi connectivity index (χ1) is 15.6. The number of carbonyl (C=O) groups is 1. The van der Waals surface area contributed by atoms with Crippen molar-refractivity contribution in [1.29, 1.82) is 0 Å². The van der Waals surface area contributed by atoms with Gasteiger partial charge in [-0.05, 0) is 42.8 Å². The highest BCUT2D eigenvalue weighted by Crippen LogP contribution is 2.26. The maximum atomic E-state index is 13.5. The van der Waals surface area contributed by atoms with E-state index in [1.54, 1.807) is 4.57 Å². The Morgan fingerprint density at radius 2 is 1.81 bits per heavy atom. The molecule has 5 aromatic rings. The number of aryl methyl sites for hydroxylation is 1. The van der Waals surface area contributed by atoms with Crippen molar-refractivity contribution in [2.24, 2.45) is 0 Å². The van der Waals surface area contributed by atoms with Gasteiger partial charge in [-0.2, -0.15) is 0 Å². The molecule has 0 aliphatic carbocycles. The fraction of sp³-hybridized carbons (Fsp3) is 0.0800. The number of nitrogens with one attached hydrogen (secondary N) is 2. The number of hydrogen-bond acceptors (Lipinski definition) is 4. The predicted octanol–water partition coefficient (Wildman–Crippen LogP) is 4.91. The quantitative estimate of drug-likeness (QED) is 0.301. The van der Waals surface area contributed by atoms with Crippen LogP contribution in [0.15, 0.2) is 88.8 Å². The zero-order valence-corrected chi connectivity index (χ0v) is 18.1. The van der Waals surface area contributed by atoms with Crippen LogP contribution in [0.2, 0.25) is 0 Å². The van der Waals surface area contributed by atoms with Crippen molar-refractivity contribution in [1.82, 2.24) is 14.5 Å². The number of rotatable bonds is 5. The Bertz CT molecular complexity index is 1510. The Morgan fingerprint density at radius 1 is 1.03 bits per heavy atom. The van der Waals surface area contributed by atoms with Crippen LogP contribution < -0.4 is 10.9 Å². The number of carbonyl (C=O) groups excluding carboxylic acids is 1. The normalized spacial score (nSPS) is 11.2. The highest BCUT2D eigenvalue weighted by molar-refractivity contribution is 7.99. The lowest BCUT2D eigenvalue weighted by molar-refractivity contribution is -0.113. The molecule has 1 amide bonds. The van der Waals surface area contributed by atoms with E-state index in [1.807, 2.05) is 85.8 Å². The molecular formula is C25H20N4O2S. The van der Waals surface area contributed by atoms with Gasteiger partial charge in [0, 0.05) is 16.6 Å². The van der Waals surface area contributed by atoms with E-state index in [-0.39, 0.29) is 17.2 Å². The van der Waals surface area contributed by atoms with Gasteiger partial charge in [-0.3, -0.25) is 14.2 Å². The Balaban J connectivity index is 1.55. The topological polar surface area (TPSA) is 79.8 Å². The van der Waals surface area contributed by atoms with Gasteiger partial charge in [0.2, 0.25) is 5.91 Å². The Hall–Kier alpha value is -3.84. The molecule has 0 aliphatic heterocycles. The minimum atomic E-state index is -0.195. The highest BCUT2D eigenvalue weighted by Gasteiger charge is 2.18. The van der Waals surface area contributed by atoms with Crippen molar-refractivity contribution < 1.29 is 4.79 Å². The molecule has 0 radical (unpaired) electrons. The third kappa shape index (κ3) is 3.78. The van der Waals surface area contributed by atoms with Crippen LogP contribution in [0.4, 0.5) is 5.69 Å². The second-order valence-electron chi connectivity index (χ2n) is 7.47. The molecule has 5 rings (SSSR count). The molecular weight excluding hydrogens is 420 g/mol. The fourth-order valence-corrected chi connectivity index (χ4v) is 4.50. The van der Waals surface area contributed by atoms with Crippen molar-refractivity contribution in [3.05, 3.63) is 94.8 Å². The number of H-pyrrole nitrogens is 1. The number of anilines is 1. The average molecular weight is 441 g/mol. The minimum Gasteiger partial charge on any atom is -0.349 e. The van der Waals surface area contributed by atoms with Crippen LogP contribution in [-0.4, -0.2) is 26.2 Å². The third-order valence-corrected chi connectivity index (χ3v) is 6.08. The van der Waals surface area contributed by atoms with Crippen LogP contribution in [0, 0.1) is 6.92 Å². The van der Waals surface area contributed by atoms with Crippen molar-refractivity contribution in [3.8, 4) is 5.69 Å². The summed E-state index contributed by atoms with van der Waals surface area (Å²) in [5, 5.41) is 4.26. The summed E-state index contributed by atoms with van der Waals surface area (Å²) >= 11 is 1.24. The Labute approximate surface area is 188 Å². The molecule has 0 aliphatic rings. The number of aromatic nitrogens is 3. The Kier molecular flexibility index (Phi) is 5.25. The van der Waals surface area contributed by atoms with Gasteiger partial charge < -0.3 is 10.3 Å². The molecule has 32 heavy (non-hydrogen) atoms. The van der Waals surface area contributed by atoms with Gasteiger partial charge in [0.15, 0.2) is 5.16 Å². The first-order valence-electron chi connectivity index (χ1n) is 10.2. The molecule has 2 aromatic heterocycles. The average Bonchev–Trinajstić information content (AvgIpc) is 3.17. The fourth-order valence-electron chi connectivity index (χ4n) is 3.69. The number of hydrogen-bond donors (Lipinski definition) is 2. The second-order valence-corrected chi connectivity index (χ2v) is 8.41. The SMILES string of the molecule is Cc1cccc(NC(=O)CSc2nc3c([nH]c4ccccc43)c(=O)n2-c2ccccc2)c1. The van der Waals surface area contributed by atoms with Crippen LogP contribution in [0.25, 0.3) is 27.6 Å². The van der Waals surface area contributed by atoms with E-state index in [1.165, 1.54) is 11.8 Å². The lowest BCUT2D eigenvalue weighted by atomic mass is 10.2. The summed E-state index contributed by atoms with van der Waals surface area (Å²) in [6.07, 6.45) is 0. The number of amides is 1. The zero-order chi connectivity index (χ0) is 22.1. The first-order valence-corrected chi connectivity index (χ1v) is 11.2. The van der Waals surface area contributed by atoms with E-state index >= 15 is 0 Å². The van der Waals surface area contributed by atoms with Crippen molar-refractivity contribution in [2.75, 3.05) is 11.1 Å². The number of para-hydroxylation sites is 2. The van der Waals surface area contributed by atoms with Gasteiger partial charge in [-0.15, -0.1) is 0 Å². The molecule has 0 saturated carbocycles. The van der Waals surface area contributed by atoms with Crippen molar-refractivity contribution in [3.63, 3.8) is 0 Å². The minimum absolute atomic E-state index is 0.126. The highest BCUT2D eigenvalue weighted by atomic mass is 32.2. The van der Waals surface area contributed by atoms with E-state index in [2.05, 4.69) is 10.3 Å². The zero-order valence-electron chi connectivity index (χ0n) is 17.3. The maximum absolute atomic E-state index is 13.5. The largest absolute Gasteiger partial charge is 0.349 e. The number of aromatic amines is 1. The molecule has 0 bridgehead atoms. The van der Waals surface area contributed by atoms with Crippen LogP contribution in [0.3, 0.4) is 0 Å². The Morgan fingerprint density at radius 3 is 2.62 bits per heavy atom.